The number of hydrogen-bond donors (Lipinski definition) is 4. The van der Waals surface area contributed by atoms with Gasteiger partial charge >= 0.3 is 0 Å². The molecular weight excluding hydrogens is 426 g/mol. The van der Waals surface area contributed by atoms with E-state index >= 15 is 0 Å². The van der Waals surface area contributed by atoms with E-state index in [-0.39, 0.29) is 17.1 Å². The number of piperidine rings is 1. The van der Waals surface area contributed by atoms with Crippen molar-refractivity contribution in [2.45, 2.75) is 92.3 Å². The number of aromatic amines is 1. The Labute approximate surface area is 204 Å². The molecule has 0 bridgehead atoms. The molecule has 0 aliphatic carbocycles. The van der Waals surface area contributed by atoms with Crippen molar-refractivity contribution in [3.05, 3.63) is 24.0 Å². The first kappa shape index (κ1) is 27.4. The minimum absolute atomic E-state index is 0.0343. The van der Waals surface area contributed by atoms with Gasteiger partial charge in [-0.3, -0.25) is 0 Å². The third-order valence-corrected chi connectivity index (χ3v) is 5.55. The maximum Gasteiger partial charge on any atom is 0.172 e. The summed E-state index contributed by atoms with van der Waals surface area (Å²) in [5, 5.41) is 16.1. The fourth-order valence-corrected chi connectivity index (χ4v) is 4.80. The number of aromatic nitrogens is 4. The van der Waals surface area contributed by atoms with Crippen molar-refractivity contribution in [1.29, 1.82) is 0 Å². The zero-order chi connectivity index (χ0) is 25.7. The molecule has 1 saturated heterocycles. The van der Waals surface area contributed by atoms with Crippen LogP contribution in [-0.2, 0) is 0 Å². The Morgan fingerprint density at radius 2 is 1.62 bits per heavy atom. The number of methoxy groups -OCH3 is 1. The lowest BCUT2D eigenvalue weighted by atomic mass is 9.79. The largest absolute Gasteiger partial charge is 0.496 e. The second kappa shape index (κ2) is 11.0. The highest BCUT2D eigenvalue weighted by Crippen LogP contribution is 2.35. The fourth-order valence-electron chi connectivity index (χ4n) is 4.80. The Hall–Kier alpha value is -2.87. The van der Waals surface area contributed by atoms with E-state index in [1.165, 1.54) is 0 Å². The number of H-pyrrole nitrogens is 1. The van der Waals surface area contributed by atoms with Crippen LogP contribution in [0.5, 0.6) is 5.75 Å². The molecule has 0 amide bonds. The zero-order valence-corrected chi connectivity index (χ0v) is 22.6. The van der Waals surface area contributed by atoms with Crippen molar-refractivity contribution >= 4 is 22.5 Å². The molecule has 34 heavy (non-hydrogen) atoms. The molecule has 3 heterocycles. The average Bonchev–Trinajstić information content (AvgIpc) is 3.13. The number of nitrogens with zero attached hydrogens (tertiary/aromatic N) is 3. The molecule has 188 valence electrons. The number of fused-ring (bicyclic) bond motifs is 1. The molecule has 4 rings (SSSR count). The van der Waals surface area contributed by atoms with Gasteiger partial charge in [-0.15, -0.1) is 10.2 Å². The molecule has 1 aliphatic heterocycles. The van der Waals surface area contributed by atoms with Crippen LogP contribution in [-0.4, -0.2) is 44.4 Å². The van der Waals surface area contributed by atoms with Crippen LogP contribution in [0.3, 0.4) is 0 Å². The van der Waals surface area contributed by atoms with Crippen LogP contribution >= 0.6 is 0 Å². The Balaban J connectivity index is 0.000000970. The summed E-state index contributed by atoms with van der Waals surface area (Å²) >= 11 is 0. The van der Waals surface area contributed by atoms with Crippen molar-refractivity contribution in [1.82, 2.24) is 25.5 Å². The molecule has 0 unspecified atom stereocenters. The molecule has 1 fully saturated rings. The summed E-state index contributed by atoms with van der Waals surface area (Å²) in [6, 6.07) is 5.98. The Kier molecular flexibility index (Phi) is 8.89. The normalized spacial score (nSPS) is 16.6. The monoisotopic (exact) mass is 469 g/mol. The van der Waals surface area contributed by atoms with Gasteiger partial charge in [0.05, 0.1) is 29.5 Å². The van der Waals surface area contributed by atoms with Crippen molar-refractivity contribution < 1.29 is 4.74 Å². The van der Waals surface area contributed by atoms with Gasteiger partial charge in [-0.2, -0.15) is 0 Å². The Bertz CT molecular complexity index is 1070. The summed E-state index contributed by atoms with van der Waals surface area (Å²) in [5.74, 6) is 2.15. The van der Waals surface area contributed by atoms with Crippen LogP contribution < -0.4 is 21.1 Å². The number of nitrogens with two attached hydrogens (primary N) is 1. The van der Waals surface area contributed by atoms with Crippen LogP contribution in [0.15, 0.2) is 18.2 Å². The number of anilines is 2. The molecule has 0 atom stereocenters. The van der Waals surface area contributed by atoms with E-state index in [4.69, 9.17) is 10.5 Å². The molecule has 0 spiro atoms. The van der Waals surface area contributed by atoms with Crippen LogP contribution in [0.1, 0.15) is 74.1 Å². The van der Waals surface area contributed by atoms with E-state index in [9.17, 15) is 0 Å². The van der Waals surface area contributed by atoms with Crippen molar-refractivity contribution in [2.75, 3.05) is 18.2 Å². The van der Waals surface area contributed by atoms with E-state index in [1.807, 2.05) is 52.8 Å². The van der Waals surface area contributed by atoms with Crippen LogP contribution in [0, 0.1) is 6.92 Å². The second-order valence-corrected chi connectivity index (χ2v) is 9.57. The summed E-state index contributed by atoms with van der Waals surface area (Å²) < 4.78 is 5.57. The number of rotatable bonds is 4. The Morgan fingerprint density at radius 3 is 2.18 bits per heavy atom. The number of ether oxygens (including phenoxy) is 1. The van der Waals surface area contributed by atoms with Gasteiger partial charge in [0.1, 0.15) is 11.6 Å². The molecule has 8 heteroatoms. The molecule has 3 aromatic rings. The Morgan fingerprint density at radius 1 is 1.00 bits per heavy atom. The molecule has 0 radical (unpaired) electrons. The summed E-state index contributed by atoms with van der Waals surface area (Å²) in [4.78, 5) is 7.72. The predicted molar refractivity (Wildman–Crippen MR) is 143 cm³/mol. The van der Waals surface area contributed by atoms with Crippen molar-refractivity contribution in [3.8, 4) is 17.0 Å². The maximum atomic E-state index is 6.38. The zero-order valence-electron chi connectivity index (χ0n) is 22.6. The summed E-state index contributed by atoms with van der Waals surface area (Å²) in [5.41, 5.74) is 10.3. The number of nitrogen functional groups attached to an aromatic ring is 1. The minimum atomic E-state index is 0.0343. The lowest BCUT2D eigenvalue weighted by Gasteiger charge is -2.46. The fraction of sp³-hybridized carbons (Fsp3) is 0.577. The molecule has 0 saturated carbocycles. The van der Waals surface area contributed by atoms with Gasteiger partial charge in [0.25, 0.3) is 0 Å². The van der Waals surface area contributed by atoms with E-state index in [2.05, 4.69) is 58.5 Å². The first-order chi connectivity index (χ1) is 16.0. The van der Waals surface area contributed by atoms with Gasteiger partial charge in [0.2, 0.25) is 0 Å². The second-order valence-electron chi connectivity index (χ2n) is 9.57. The SMILES string of the molecule is CC.CC.COc1cc2nc(C)[nH]c2cc1-c1cc(N)c(NC2CC(C)(C)NC(C)(C)C2)nn1. The first-order valence-electron chi connectivity index (χ1n) is 12.3. The molecule has 8 nitrogen and oxygen atoms in total. The molecular formula is C26H43N7O. The first-order valence-corrected chi connectivity index (χ1v) is 12.3. The quantitative estimate of drug-likeness (QED) is 0.388. The highest BCUT2D eigenvalue weighted by molar-refractivity contribution is 5.86. The topological polar surface area (TPSA) is 114 Å². The smallest absolute Gasteiger partial charge is 0.172 e. The van der Waals surface area contributed by atoms with Gasteiger partial charge in [-0.25, -0.2) is 4.98 Å². The van der Waals surface area contributed by atoms with Gasteiger partial charge in [-0.05, 0) is 59.6 Å². The van der Waals surface area contributed by atoms with E-state index in [0.717, 1.165) is 35.3 Å². The molecule has 1 aromatic carbocycles. The van der Waals surface area contributed by atoms with Gasteiger partial charge in [0.15, 0.2) is 5.82 Å². The van der Waals surface area contributed by atoms with Gasteiger partial charge in [0, 0.05) is 28.7 Å². The highest BCUT2D eigenvalue weighted by Gasteiger charge is 2.37. The van der Waals surface area contributed by atoms with Crippen LogP contribution in [0.2, 0.25) is 0 Å². The number of hydrogen-bond acceptors (Lipinski definition) is 7. The molecule has 2 aromatic heterocycles. The van der Waals surface area contributed by atoms with Crippen LogP contribution in [0.25, 0.3) is 22.3 Å². The lowest BCUT2D eigenvalue weighted by Crippen LogP contribution is -2.60. The highest BCUT2D eigenvalue weighted by atomic mass is 16.5. The van der Waals surface area contributed by atoms with Gasteiger partial charge < -0.3 is 26.1 Å². The lowest BCUT2D eigenvalue weighted by molar-refractivity contribution is 0.170. The molecule has 1 aliphatic rings. The number of nitrogens with one attached hydrogen (secondary N) is 3. The maximum absolute atomic E-state index is 6.38. The van der Waals surface area contributed by atoms with E-state index in [0.29, 0.717) is 22.9 Å². The van der Waals surface area contributed by atoms with E-state index < -0.39 is 0 Å². The van der Waals surface area contributed by atoms with Gasteiger partial charge in [-0.1, -0.05) is 27.7 Å². The van der Waals surface area contributed by atoms with Crippen molar-refractivity contribution in [3.63, 3.8) is 0 Å². The van der Waals surface area contributed by atoms with E-state index in [1.54, 1.807) is 7.11 Å². The number of aryl methyl sites for hydroxylation is 1. The number of imidazole rings is 1. The average molecular weight is 470 g/mol. The third kappa shape index (κ3) is 6.38. The standard InChI is InChI=1S/C22H31N7O.2C2H6/c1-12-24-17-7-14(19(30-6)9-18(17)25-12)16-8-15(23)20(28-27-16)26-13-10-21(2,3)29-22(4,5)11-13;2*1-2/h7-9,13,29H,10-11H2,1-6H3,(H2,23,27)(H,24,25)(H,26,28);2*1-2H3. The molecule has 5 N–H and O–H groups in total. The summed E-state index contributed by atoms with van der Waals surface area (Å²) in [6.07, 6.45) is 1.95. The third-order valence-electron chi connectivity index (χ3n) is 5.55. The number of benzene rings is 1. The van der Waals surface area contributed by atoms with Crippen molar-refractivity contribution in [2.24, 2.45) is 0 Å². The summed E-state index contributed by atoms with van der Waals surface area (Å²) in [7, 11) is 1.64. The minimum Gasteiger partial charge on any atom is -0.496 e. The predicted octanol–water partition coefficient (Wildman–Crippen LogP) is 5.69. The van der Waals surface area contributed by atoms with Crippen LogP contribution in [0.4, 0.5) is 11.5 Å². The summed E-state index contributed by atoms with van der Waals surface area (Å²) in [6.45, 7) is 18.8.